The molecule has 162 valence electrons. The van der Waals surface area contributed by atoms with Gasteiger partial charge in [0.05, 0.1) is 19.8 Å². The lowest BCUT2D eigenvalue weighted by atomic mass is 10.0. The van der Waals surface area contributed by atoms with Gasteiger partial charge in [0.15, 0.2) is 11.5 Å². The Morgan fingerprint density at radius 2 is 1.58 bits per heavy atom. The lowest BCUT2D eigenvalue weighted by Crippen LogP contribution is -2.36. The number of hydrogen-bond donors (Lipinski definition) is 0. The van der Waals surface area contributed by atoms with Crippen LogP contribution in [0.2, 0.25) is 0 Å². The number of imide groups is 1. The lowest BCUT2D eigenvalue weighted by Gasteiger charge is -2.20. The van der Waals surface area contributed by atoms with Crippen LogP contribution in [0, 0.1) is 5.82 Å². The van der Waals surface area contributed by atoms with Gasteiger partial charge in [0.1, 0.15) is 11.5 Å². The highest BCUT2D eigenvalue weighted by molar-refractivity contribution is 6.35. The Labute approximate surface area is 180 Å². The highest BCUT2D eigenvalue weighted by Gasteiger charge is 2.41. The molecule has 0 radical (unpaired) electrons. The Hall–Kier alpha value is -3.35. The zero-order valence-corrected chi connectivity index (χ0v) is 17.7. The van der Waals surface area contributed by atoms with Crippen molar-refractivity contribution in [3.8, 4) is 11.5 Å². The molecule has 2 aliphatic heterocycles. The number of ether oxygens (including phenoxy) is 2. The molecule has 2 heterocycles. The molecule has 0 aromatic heterocycles. The molecule has 2 aliphatic rings. The fourth-order valence-corrected chi connectivity index (χ4v) is 4.15. The van der Waals surface area contributed by atoms with Gasteiger partial charge in [-0.15, -0.1) is 0 Å². The van der Waals surface area contributed by atoms with Crippen molar-refractivity contribution in [2.24, 2.45) is 0 Å². The van der Waals surface area contributed by atoms with Crippen molar-refractivity contribution < 1.29 is 23.5 Å². The number of amides is 2. The molecule has 0 bridgehead atoms. The number of nitrogens with zero attached hydrogens (tertiary/aromatic N) is 2. The number of carbonyl (C=O) groups excluding carboxylic acids is 2. The van der Waals surface area contributed by atoms with Crippen LogP contribution in [0.25, 0.3) is 5.57 Å². The van der Waals surface area contributed by atoms with Crippen LogP contribution in [0.5, 0.6) is 11.5 Å². The minimum Gasteiger partial charge on any atom is -0.493 e. The quantitative estimate of drug-likeness (QED) is 0.639. The molecule has 6 nitrogen and oxygen atoms in total. The van der Waals surface area contributed by atoms with Crippen LogP contribution in [0.3, 0.4) is 0 Å². The van der Waals surface area contributed by atoms with Crippen molar-refractivity contribution in [1.82, 2.24) is 9.80 Å². The summed E-state index contributed by atoms with van der Waals surface area (Å²) in [6.45, 7) is 1.72. The van der Waals surface area contributed by atoms with E-state index in [1.165, 1.54) is 17.0 Å². The van der Waals surface area contributed by atoms with E-state index in [0.717, 1.165) is 31.5 Å². The summed E-state index contributed by atoms with van der Waals surface area (Å²) >= 11 is 0. The van der Waals surface area contributed by atoms with Crippen LogP contribution in [0.4, 0.5) is 4.39 Å². The molecule has 0 unspecified atom stereocenters. The summed E-state index contributed by atoms with van der Waals surface area (Å²) in [5.74, 6) is 0.220. The van der Waals surface area contributed by atoms with E-state index in [1.807, 2.05) is 17.0 Å². The van der Waals surface area contributed by atoms with Gasteiger partial charge >= 0.3 is 0 Å². The number of benzene rings is 2. The van der Waals surface area contributed by atoms with E-state index in [9.17, 15) is 14.0 Å². The Morgan fingerprint density at radius 1 is 0.903 bits per heavy atom. The van der Waals surface area contributed by atoms with Gasteiger partial charge in [0.25, 0.3) is 11.8 Å². The molecule has 31 heavy (non-hydrogen) atoms. The zero-order valence-electron chi connectivity index (χ0n) is 17.7. The van der Waals surface area contributed by atoms with Gasteiger partial charge in [-0.05, 0) is 54.7 Å². The normalized spacial score (nSPS) is 16.5. The number of methoxy groups -OCH3 is 2. The number of halogens is 1. The smallest absolute Gasteiger partial charge is 0.277 e. The fourth-order valence-electron chi connectivity index (χ4n) is 4.15. The standard InChI is InChI=1S/C24H25FN2O4/c1-30-19-10-5-16(15-20(19)31-2)11-14-27-23(28)21(17-6-8-18(25)9-7-17)22(24(27)29)26-12-3-4-13-26/h5-10,15H,3-4,11-14H2,1-2H3. The molecule has 1 fully saturated rings. The average Bonchev–Trinajstić information content (AvgIpc) is 3.39. The van der Waals surface area contributed by atoms with Crippen LogP contribution in [-0.2, 0) is 16.0 Å². The van der Waals surface area contributed by atoms with Crippen LogP contribution in [0.15, 0.2) is 48.2 Å². The van der Waals surface area contributed by atoms with E-state index < -0.39 is 0 Å². The van der Waals surface area contributed by atoms with E-state index in [0.29, 0.717) is 34.8 Å². The van der Waals surface area contributed by atoms with Crippen molar-refractivity contribution in [2.45, 2.75) is 19.3 Å². The molecule has 2 aromatic carbocycles. The summed E-state index contributed by atoms with van der Waals surface area (Å²) in [6.07, 6.45) is 2.45. The number of likely N-dealkylation sites (tertiary alicyclic amines) is 1. The van der Waals surface area contributed by atoms with Crippen molar-refractivity contribution in [3.63, 3.8) is 0 Å². The predicted molar refractivity (Wildman–Crippen MR) is 114 cm³/mol. The first-order valence-electron chi connectivity index (χ1n) is 10.4. The Balaban J connectivity index is 1.60. The van der Waals surface area contributed by atoms with Gasteiger partial charge in [-0.3, -0.25) is 14.5 Å². The van der Waals surface area contributed by atoms with Gasteiger partial charge in [-0.25, -0.2) is 4.39 Å². The first kappa shape index (κ1) is 20.9. The monoisotopic (exact) mass is 424 g/mol. The minimum atomic E-state index is -0.380. The molecule has 4 rings (SSSR count). The number of rotatable bonds is 7. The lowest BCUT2D eigenvalue weighted by molar-refractivity contribution is -0.137. The third kappa shape index (κ3) is 4.00. The highest BCUT2D eigenvalue weighted by atomic mass is 19.1. The van der Waals surface area contributed by atoms with Crippen LogP contribution in [-0.4, -0.2) is 55.5 Å². The summed E-state index contributed by atoms with van der Waals surface area (Å²) in [5.41, 5.74) is 2.28. The van der Waals surface area contributed by atoms with E-state index in [-0.39, 0.29) is 24.2 Å². The third-order valence-electron chi connectivity index (χ3n) is 5.77. The van der Waals surface area contributed by atoms with E-state index in [1.54, 1.807) is 32.4 Å². The summed E-state index contributed by atoms with van der Waals surface area (Å²) in [6, 6.07) is 11.3. The Kier molecular flexibility index (Phi) is 5.93. The second kappa shape index (κ2) is 8.79. The topological polar surface area (TPSA) is 59.1 Å². The molecule has 2 aromatic rings. The molecule has 7 heteroatoms. The molecule has 0 spiro atoms. The molecular weight excluding hydrogens is 399 g/mol. The predicted octanol–water partition coefficient (Wildman–Crippen LogP) is 3.26. The van der Waals surface area contributed by atoms with Crippen LogP contribution in [0.1, 0.15) is 24.0 Å². The Morgan fingerprint density at radius 3 is 2.23 bits per heavy atom. The van der Waals surface area contributed by atoms with Crippen molar-refractivity contribution in [3.05, 3.63) is 65.1 Å². The fraction of sp³-hybridized carbons (Fsp3) is 0.333. The maximum atomic E-state index is 13.4. The van der Waals surface area contributed by atoms with Gasteiger partial charge in [0, 0.05) is 19.6 Å². The molecule has 0 N–H and O–H groups in total. The van der Waals surface area contributed by atoms with Crippen molar-refractivity contribution in [1.29, 1.82) is 0 Å². The minimum absolute atomic E-state index is 0.245. The zero-order chi connectivity index (χ0) is 22.0. The van der Waals surface area contributed by atoms with Crippen molar-refractivity contribution in [2.75, 3.05) is 33.9 Å². The average molecular weight is 424 g/mol. The first-order chi connectivity index (χ1) is 15.0. The van der Waals surface area contributed by atoms with Crippen molar-refractivity contribution >= 4 is 17.4 Å². The second-order valence-corrected chi connectivity index (χ2v) is 7.63. The molecule has 0 saturated carbocycles. The molecule has 1 saturated heterocycles. The maximum absolute atomic E-state index is 13.4. The first-order valence-corrected chi connectivity index (χ1v) is 10.4. The number of hydrogen-bond acceptors (Lipinski definition) is 5. The number of carbonyl (C=O) groups is 2. The molecular formula is C24H25FN2O4. The van der Waals surface area contributed by atoms with Crippen LogP contribution >= 0.6 is 0 Å². The molecule has 0 aliphatic carbocycles. The largest absolute Gasteiger partial charge is 0.493 e. The summed E-state index contributed by atoms with van der Waals surface area (Å²) in [5, 5.41) is 0. The molecule has 0 atom stereocenters. The summed E-state index contributed by atoms with van der Waals surface area (Å²) in [7, 11) is 3.14. The second-order valence-electron chi connectivity index (χ2n) is 7.63. The third-order valence-corrected chi connectivity index (χ3v) is 5.77. The SMILES string of the molecule is COc1ccc(CCN2C(=O)C(c3ccc(F)cc3)=C(N3CCCC3)C2=O)cc1OC. The molecule has 2 amide bonds. The summed E-state index contributed by atoms with van der Waals surface area (Å²) in [4.78, 5) is 29.9. The Bertz CT molecular complexity index is 1030. The van der Waals surface area contributed by atoms with E-state index in [2.05, 4.69) is 0 Å². The summed E-state index contributed by atoms with van der Waals surface area (Å²) < 4.78 is 24.0. The maximum Gasteiger partial charge on any atom is 0.277 e. The van der Waals surface area contributed by atoms with E-state index in [4.69, 9.17) is 9.47 Å². The van der Waals surface area contributed by atoms with Gasteiger partial charge in [-0.2, -0.15) is 0 Å². The van der Waals surface area contributed by atoms with E-state index >= 15 is 0 Å². The van der Waals surface area contributed by atoms with Crippen LogP contribution < -0.4 is 9.47 Å². The van der Waals surface area contributed by atoms with Gasteiger partial charge < -0.3 is 14.4 Å². The van der Waals surface area contributed by atoms with Gasteiger partial charge in [-0.1, -0.05) is 18.2 Å². The highest BCUT2D eigenvalue weighted by Crippen LogP contribution is 2.34. The van der Waals surface area contributed by atoms with Gasteiger partial charge in [0.2, 0.25) is 0 Å².